The molecule has 0 aliphatic rings. The third-order valence-corrected chi connectivity index (χ3v) is 3.26. The van der Waals surface area contributed by atoms with E-state index in [0.29, 0.717) is 18.3 Å². The van der Waals surface area contributed by atoms with E-state index in [0.717, 1.165) is 23.3 Å². The molecule has 0 aliphatic heterocycles. The molecular weight excluding hydrogens is 272 g/mol. The minimum atomic E-state index is -0.960. The Bertz CT molecular complexity index is 819. The molecule has 2 aromatic heterocycles. The SMILES string of the molecule is CCc1nc2ccc(C(=O)O)cc2n1Cc1noc(C)n1. The maximum absolute atomic E-state index is 11.1. The molecule has 0 aliphatic carbocycles. The van der Waals surface area contributed by atoms with Gasteiger partial charge in [0.2, 0.25) is 5.89 Å². The van der Waals surface area contributed by atoms with Gasteiger partial charge in [-0.2, -0.15) is 4.98 Å². The van der Waals surface area contributed by atoms with Crippen LogP contribution in [0.15, 0.2) is 22.7 Å². The summed E-state index contributed by atoms with van der Waals surface area (Å²) in [5.74, 6) is 0.939. The van der Waals surface area contributed by atoms with Crippen molar-refractivity contribution in [1.82, 2.24) is 19.7 Å². The van der Waals surface area contributed by atoms with Crippen molar-refractivity contribution in [2.24, 2.45) is 0 Å². The number of carboxylic acids is 1. The van der Waals surface area contributed by atoms with Crippen LogP contribution in [0, 0.1) is 6.92 Å². The molecule has 0 amide bonds. The van der Waals surface area contributed by atoms with Gasteiger partial charge in [-0.05, 0) is 18.2 Å². The van der Waals surface area contributed by atoms with Gasteiger partial charge < -0.3 is 14.2 Å². The van der Waals surface area contributed by atoms with Crippen molar-refractivity contribution in [2.75, 3.05) is 0 Å². The number of carboxylic acid groups (broad SMARTS) is 1. The van der Waals surface area contributed by atoms with Crippen LogP contribution >= 0.6 is 0 Å². The molecule has 108 valence electrons. The summed E-state index contributed by atoms with van der Waals surface area (Å²) in [6.07, 6.45) is 0.730. The first-order chi connectivity index (χ1) is 10.1. The maximum Gasteiger partial charge on any atom is 0.335 e. The molecule has 0 unspecified atom stereocenters. The Labute approximate surface area is 120 Å². The summed E-state index contributed by atoms with van der Waals surface area (Å²) in [6, 6.07) is 4.90. The smallest absolute Gasteiger partial charge is 0.335 e. The summed E-state index contributed by atoms with van der Waals surface area (Å²) in [5.41, 5.74) is 1.75. The lowest BCUT2D eigenvalue weighted by Gasteiger charge is -2.05. The van der Waals surface area contributed by atoms with Gasteiger partial charge in [-0.3, -0.25) is 0 Å². The number of aryl methyl sites for hydroxylation is 2. The van der Waals surface area contributed by atoms with Crippen LogP contribution in [0.5, 0.6) is 0 Å². The zero-order valence-electron chi connectivity index (χ0n) is 11.7. The van der Waals surface area contributed by atoms with E-state index >= 15 is 0 Å². The number of imidazole rings is 1. The molecule has 3 aromatic rings. The van der Waals surface area contributed by atoms with Gasteiger partial charge in [0.05, 0.1) is 23.1 Å². The number of benzene rings is 1. The summed E-state index contributed by atoms with van der Waals surface area (Å²) in [5, 5.41) is 13.0. The molecule has 0 fully saturated rings. The van der Waals surface area contributed by atoms with E-state index in [9.17, 15) is 4.79 Å². The molecule has 0 saturated carbocycles. The van der Waals surface area contributed by atoms with Gasteiger partial charge in [-0.15, -0.1) is 0 Å². The quantitative estimate of drug-likeness (QED) is 0.788. The molecule has 21 heavy (non-hydrogen) atoms. The zero-order chi connectivity index (χ0) is 15.0. The van der Waals surface area contributed by atoms with Crippen LogP contribution in [0.2, 0.25) is 0 Å². The number of rotatable bonds is 4. The molecule has 7 heteroatoms. The summed E-state index contributed by atoms with van der Waals surface area (Å²) in [7, 11) is 0. The van der Waals surface area contributed by atoms with E-state index in [4.69, 9.17) is 9.63 Å². The highest BCUT2D eigenvalue weighted by molar-refractivity contribution is 5.92. The Morgan fingerprint density at radius 1 is 1.38 bits per heavy atom. The minimum Gasteiger partial charge on any atom is -0.478 e. The van der Waals surface area contributed by atoms with Gasteiger partial charge >= 0.3 is 5.97 Å². The highest BCUT2D eigenvalue weighted by Gasteiger charge is 2.14. The van der Waals surface area contributed by atoms with Crippen molar-refractivity contribution >= 4 is 17.0 Å². The highest BCUT2D eigenvalue weighted by Crippen LogP contribution is 2.20. The summed E-state index contributed by atoms with van der Waals surface area (Å²) >= 11 is 0. The Morgan fingerprint density at radius 2 is 2.19 bits per heavy atom. The standard InChI is InChI=1S/C14H14N4O3/c1-3-13-16-10-5-4-9(14(19)20)6-11(10)18(13)7-12-15-8(2)21-17-12/h4-6H,3,7H2,1-2H3,(H,19,20). The Morgan fingerprint density at radius 3 is 2.81 bits per heavy atom. The molecule has 3 rings (SSSR count). The van der Waals surface area contributed by atoms with Crippen LogP contribution in [0.3, 0.4) is 0 Å². The van der Waals surface area contributed by atoms with E-state index in [-0.39, 0.29) is 5.56 Å². The van der Waals surface area contributed by atoms with E-state index in [1.807, 2.05) is 11.5 Å². The van der Waals surface area contributed by atoms with Crippen molar-refractivity contribution in [3.63, 3.8) is 0 Å². The fraction of sp³-hybridized carbons (Fsp3) is 0.286. The van der Waals surface area contributed by atoms with Crippen molar-refractivity contribution in [3.8, 4) is 0 Å². The predicted molar refractivity (Wildman–Crippen MR) is 74.2 cm³/mol. The highest BCUT2D eigenvalue weighted by atomic mass is 16.5. The topological polar surface area (TPSA) is 94.0 Å². The number of hydrogen-bond donors (Lipinski definition) is 1. The second kappa shape index (κ2) is 5.01. The fourth-order valence-corrected chi connectivity index (χ4v) is 2.30. The molecule has 0 atom stereocenters. The predicted octanol–water partition coefficient (Wildman–Crippen LogP) is 2.04. The summed E-state index contributed by atoms with van der Waals surface area (Å²) in [4.78, 5) is 19.8. The number of carbonyl (C=O) groups is 1. The third-order valence-electron chi connectivity index (χ3n) is 3.26. The first-order valence-electron chi connectivity index (χ1n) is 6.60. The molecule has 1 aromatic carbocycles. The van der Waals surface area contributed by atoms with E-state index in [2.05, 4.69) is 15.1 Å². The first kappa shape index (κ1) is 13.3. The fourth-order valence-electron chi connectivity index (χ4n) is 2.30. The van der Waals surface area contributed by atoms with Gasteiger partial charge in [0.25, 0.3) is 0 Å². The van der Waals surface area contributed by atoms with Gasteiger partial charge in [-0.1, -0.05) is 12.1 Å². The number of fused-ring (bicyclic) bond motifs is 1. The van der Waals surface area contributed by atoms with Crippen LogP contribution in [-0.2, 0) is 13.0 Å². The van der Waals surface area contributed by atoms with Gasteiger partial charge in [-0.25, -0.2) is 9.78 Å². The monoisotopic (exact) mass is 286 g/mol. The van der Waals surface area contributed by atoms with Crippen LogP contribution in [-0.4, -0.2) is 30.8 Å². The Hall–Kier alpha value is -2.70. The second-order valence-electron chi connectivity index (χ2n) is 4.71. The molecular formula is C14H14N4O3. The lowest BCUT2D eigenvalue weighted by molar-refractivity contribution is 0.0697. The van der Waals surface area contributed by atoms with Crippen molar-refractivity contribution in [3.05, 3.63) is 41.3 Å². The lowest BCUT2D eigenvalue weighted by Crippen LogP contribution is -2.06. The van der Waals surface area contributed by atoms with Gasteiger partial charge in [0.15, 0.2) is 5.82 Å². The average Bonchev–Trinajstić information content (AvgIpc) is 3.02. The minimum absolute atomic E-state index is 0.232. The van der Waals surface area contributed by atoms with E-state index < -0.39 is 5.97 Å². The number of nitrogens with zero attached hydrogens (tertiary/aromatic N) is 4. The lowest BCUT2D eigenvalue weighted by atomic mass is 10.2. The molecule has 2 heterocycles. The normalized spacial score (nSPS) is 11.1. The van der Waals surface area contributed by atoms with Crippen LogP contribution in [0.4, 0.5) is 0 Å². The van der Waals surface area contributed by atoms with Crippen molar-refractivity contribution in [1.29, 1.82) is 0 Å². The molecule has 1 N–H and O–H groups in total. The first-order valence-corrected chi connectivity index (χ1v) is 6.60. The van der Waals surface area contributed by atoms with Crippen LogP contribution in [0.1, 0.15) is 34.8 Å². The molecule has 0 saturated heterocycles. The van der Waals surface area contributed by atoms with Gasteiger partial charge in [0.1, 0.15) is 5.82 Å². The third kappa shape index (κ3) is 2.37. The molecule has 0 bridgehead atoms. The maximum atomic E-state index is 11.1. The average molecular weight is 286 g/mol. The van der Waals surface area contributed by atoms with E-state index in [1.165, 1.54) is 0 Å². The number of hydrogen-bond acceptors (Lipinski definition) is 5. The van der Waals surface area contributed by atoms with Crippen LogP contribution < -0.4 is 0 Å². The molecule has 0 radical (unpaired) electrons. The molecule has 0 spiro atoms. The van der Waals surface area contributed by atoms with Crippen molar-refractivity contribution < 1.29 is 14.4 Å². The second-order valence-corrected chi connectivity index (χ2v) is 4.71. The Kier molecular flexibility index (Phi) is 3.17. The molecule has 7 nitrogen and oxygen atoms in total. The van der Waals surface area contributed by atoms with Gasteiger partial charge in [0, 0.05) is 13.3 Å². The summed E-state index contributed by atoms with van der Waals surface area (Å²) < 4.78 is 6.89. The van der Waals surface area contributed by atoms with E-state index in [1.54, 1.807) is 25.1 Å². The zero-order valence-corrected chi connectivity index (χ0v) is 11.7. The Balaban J connectivity index is 2.13. The van der Waals surface area contributed by atoms with Crippen molar-refractivity contribution in [2.45, 2.75) is 26.8 Å². The number of aromatic nitrogens is 4. The number of aromatic carboxylic acids is 1. The summed E-state index contributed by atoms with van der Waals surface area (Å²) in [6.45, 7) is 4.13. The largest absolute Gasteiger partial charge is 0.478 e. The van der Waals surface area contributed by atoms with Crippen LogP contribution in [0.25, 0.3) is 11.0 Å².